The zero-order valence-corrected chi connectivity index (χ0v) is 23.6. The summed E-state index contributed by atoms with van der Waals surface area (Å²) in [6, 6.07) is 29.8. The van der Waals surface area contributed by atoms with Crippen molar-refractivity contribution in [1.29, 1.82) is 0 Å². The molecular weight excluding hydrogens is 564 g/mol. The smallest absolute Gasteiger partial charge is 0.385 e. The number of pyridine rings is 2. The molecule has 0 saturated heterocycles. The maximum Gasteiger partial charge on any atom is 2.00 e. The number of benzene rings is 2. The molecule has 0 aliphatic heterocycles. The largest absolute Gasteiger partial charge is 2.00 e. The van der Waals surface area contributed by atoms with Gasteiger partial charge in [-0.25, -0.2) is 0 Å². The van der Waals surface area contributed by atoms with E-state index in [2.05, 4.69) is 106 Å². The van der Waals surface area contributed by atoms with E-state index in [1.165, 1.54) is 22.3 Å². The van der Waals surface area contributed by atoms with E-state index in [1.54, 1.807) is 0 Å². The predicted molar refractivity (Wildman–Crippen MR) is 142 cm³/mol. The molecule has 198 valence electrons. The van der Waals surface area contributed by atoms with Crippen molar-refractivity contribution in [1.82, 2.24) is 9.97 Å². The average Bonchev–Trinajstić information content (AvgIpc) is 2.84. The van der Waals surface area contributed by atoms with E-state index in [0.717, 1.165) is 11.4 Å². The molecule has 0 unspecified atom stereocenters. The first kappa shape index (κ1) is 32.2. The predicted octanol–water partition coefficient (Wildman–Crippen LogP) is 9.23. The van der Waals surface area contributed by atoms with Crippen LogP contribution in [0.1, 0.15) is 52.7 Å². The van der Waals surface area contributed by atoms with Crippen molar-refractivity contribution in [3.05, 3.63) is 115 Å². The van der Waals surface area contributed by atoms with Crippen molar-refractivity contribution >= 4 is 0 Å². The number of halogens is 3. The number of hydrogen-bond acceptors (Lipinski definition) is 2. The van der Waals surface area contributed by atoms with Crippen LogP contribution in [0, 0.1) is 12.7 Å². The Hall–Kier alpha value is -2.81. The Bertz CT molecular complexity index is 1090. The second kappa shape index (κ2) is 14.8. The minimum Gasteiger partial charge on any atom is -0.385 e. The fourth-order valence-electron chi connectivity index (χ4n) is 3.28. The van der Waals surface area contributed by atoms with Crippen molar-refractivity contribution in [2.75, 3.05) is 0 Å². The van der Waals surface area contributed by atoms with E-state index < -0.39 is 6.68 Å². The fourth-order valence-corrected chi connectivity index (χ4v) is 3.28. The van der Waals surface area contributed by atoms with Gasteiger partial charge in [0.25, 0.3) is 0 Å². The molecule has 4 rings (SSSR count). The first-order chi connectivity index (χ1) is 16.9. The van der Waals surface area contributed by atoms with Gasteiger partial charge in [0.15, 0.2) is 6.68 Å². The second-order valence-corrected chi connectivity index (χ2v) is 10.2. The molecule has 2 aromatic heterocycles. The van der Waals surface area contributed by atoms with E-state index in [-0.39, 0.29) is 31.3 Å². The maximum absolute atomic E-state index is 9.58. The van der Waals surface area contributed by atoms with Crippen molar-refractivity contribution in [3.8, 4) is 22.5 Å². The van der Waals surface area contributed by atoms with Gasteiger partial charge in [0.2, 0.25) is 0 Å². The Kier molecular flexibility index (Phi) is 12.9. The number of rotatable bonds is 2. The molecule has 0 atom stereocenters. The molecule has 6 heteroatoms. The molecule has 0 aliphatic rings. The monoisotopic (exact) mass is 596 g/mol. The first-order valence-corrected chi connectivity index (χ1v) is 11.7. The number of nitrogens with zero attached hydrogens (tertiary/aromatic N) is 2. The van der Waals surface area contributed by atoms with Crippen LogP contribution in [0.3, 0.4) is 0 Å². The van der Waals surface area contributed by atoms with E-state index >= 15 is 0 Å². The quantitative estimate of drug-likeness (QED) is 0.170. The standard InChI is InChI=1S/C18H24N2.C12H9.CF3.Pd/c1-17(2,3)13-7-9-19-15(11-13)16-12-14(8-10-20-16)18(4,5)6;1-3-7-11(8-4-1)12-9-5-2-6-10-12;2-1(3)4;/h7-12H,1-6H3;1,3-10H;;/q;2*-1;+2. The molecule has 4 aromatic rings. The third-order valence-electron chi connectivity index (χ3n) is 5.34. The first-order valence-electron chi connectivity index (χ1n) is 11.7. The summed E-state index contributed by atoms with van der Waals surface area (Å²) in [6.45, 7) is 10.2. The van der Waals surface area contributed by atoms with Gasteiger partial charge in [0.05, 0.1) is 11.4 Å². The minimum atomic E-state index is -3.08. The van der Waals surface area contributed by atoms with Crippen molar-refractivity contribution < 1.29 is 33.6 Å². The minimum absolute atomic E-state index is 0. The molecule has 0 N–H and O–H groups in total. The van der Waals surface area contributed by atoms with E-state index in [1.807, 2.05) is 42.7 Å². The molecule has 37 heavy (non-hydrogen) atoms. The topological polar surface area (TPSA) is 25.8 Å². The van der Waals surface area contributed by atoms with Gasteiger partial charge in [-0.05, 0) is 51.8 Å². The molecule has 0 radical (unpaired) electrons. The van der Waals surface area contributed by atoms with Gasteiger partial charge in [-0.3, -0.25) is 9.97 Å². The van der Waals surface area contributed by atoms with Crippen LogP contribution in [0.4, 0.5) is 13.2 Å². The summed E-state index contributed by atoms with van der Waals surface area (Å²) in [7, 11) is 0. The van der Waals surface area contributed by atoms with Crippen molar-refractivity contribution in [2.45, 2.75) is 52.4 Å². The van der Waals surface area contributed by atoms with E-state index in [9.17, 15) is 13.2 Å². The Morgan fingerprint density at radius 3 is 1.38 bits per heavy atom. The van der Waals surface area contributed by atoms with Gasteiger partial charge < -0.3 is 13.2 Å². The zero-order chi connectivity index (χ0) is 26.8. The molecule has 2 nitrogen and oxygen atoms in total. The molecular formula is C31H33F3N2Pd. The van der Waals surface area contributed by atoms with Crippen LogP contribution in [-0.4, -0.2) is 9.97 Å². The Labute approximate surface area is 233 Å². The van der Waals surface area contributed by atoms with Crippen LogP contribution in [0.15, 0.2) is 91.3 Å². The Morgan fingerprint density at radius 2 is 1.00 bits per heavy atom. The molecule has 0 amide bonds. The molecule has 2 aromatic carbocycles. The summed E-state index contributed by atoms with van der Waals surface area (Å²) < 4.78 is 28.8. The van der Waals surface area contributed by atoms with Crippen LogP contribution in [0.2, 0.25) is 0 Å². The molecule has 0 spiro atoms. The molecule has 0 bridgehead atoms. The molecule has 0 aliphatic carbocycles. The van der Waals surface area contributed by atoms with Crippen LogP contribution in [0.25, 0.3) is 22.5 Å². The van der Waals surface area contributed by atoms with Crippen molar-refractivity contribution in [2.24, 2.45) is 0 Å². The summed E-state index contributed by atoms with van der Waals surface area (Å²) in [5.74, 6) is 0. The third kappa shape index (κ3) is 11.4. The summed E-state index contributed by atoms with van der Waals surface area (Å²) in [4.78, 5) is 8.97. The van der Waals surface area contributed by atoms with Gasteiger partial charge in [0, 0.05) is 12.4 Å². The Balaban J connectivity index is 0.000000342. The van der Waals surface area contributed by atoms with Gasteiger partial charge in [-0.1, -0.05) is 71.9 Å². The summed E-state index contributed by atoms with van der Waals surface area (Å²) in [6.07, 6.45) is 3.75. The maximum atomic E-state index is 9.58. The van der Waals surface area contributed by atoms with Crippen LogP contribution in [-0.2, 0) is 31.3 Å². The fraction of sp³-hybridized carbons (Fsp3) is 0.258. The van der Waals surface area contributed by atoms with Gasteiger partial charge >= 0.3 is 20.4 Å². The van der Waals surface area contributed by atoms with E-state index in [0.29, 0.717) is 0 Å². The van der Waals surface area contributed by atoms with Gasteiger partial charge in [-0.2, -0.15) is 30.3 Å². The van der Waals surface area contributed by atoms with E-state index in [4.69, 9.17) is 0 Å². The zero-order valence-electron chi connectivity index (χ0n) is 22.0. The number of aromatic nitrogens is 2. The molecule has 0 saturated carbocycles. The summed E-state index contributed by atoms with van der Waals surface area (Å²) >= 11 is 0. The van der Waals surface area contributed by atoms with Gasteiger partial charge in [-0.15, -0.1) is 5.56 Å². The van der Waals surface area contributed by atoms with Crippen LogP contribution >= 0.6 is 0 Å². The van der Waals surface area contributed by atoms with Gasteiger partial charge in [0.1, 0.15) is 0 Å². The molecule has 0 fully saturated rings. The van der Waals surface area contributed by atoms with Crippen LogP contribution < -0.4 is 0 Å². The molecule has 2 heterocycles. The average molecular weight is 597 g/mol. The van der Waals surface area contributed by atoms with Crippen LogP contribution in [0.5, 0.6) is 0 Å². The summed E-state index contributed by atoms with van der Waals surface area (Å²) in [5, 5.41) is 0. The Morgan fingerprint density at radius 1 is 0.622 bits per heavy atom. The summed E-state index contributed by atoms with van der Waals surface area (Å²) in [5.41, 5.74) is 7.21. The second-order valence-electron chi connectivity index (χ2n) is 10.2. The SMILES string of the molecule is CC(C)(C)c1ccnc(-c2cc(C(C)(C)C)ccn2)c1.F[C-](F)F.[Pd+2].[c-]1ccc(-c2ccccc2)cc1. The third-order valence-corrected chi connectivity index (χ3v) is 5.34. The normalized spacial score (nSPS) is 10.9. The number of hydrogen-bond donors (Lipinski definition) is 0. The van der Waals surface area contributed by atoms with Crippen molar-refractivity contribution in [3.63, 3.8) is 0 Å².